The SMILES string of the molecule is CCOC[C@@H]1CN(Cc2ccc(C)o2)Cc2cn(CC3CC3)nc21. The quantitative estimate of drug-likeness (QED) is 0.781. The second-order valence-electron chi connectivity index (χ2n) is 7.24. The minimum Gasteiger partial charge on any atom is -0.465 e. The number of rotatable bonds is 7. The van der Waals surface area contributed by atoms with Crippen LogP contribution in [0.2, 0.25) is 0 Å². The van der Waals surface area contributed by atoms with Crippen molar-refractivity contribution in [2.24, 2.45) is 5.92 Å². The zero-order chi connectivity index (χ0) is 16.5. The number of hydrogen-bond acceptors (Lipinski definition) is 4. The summed E-state index contributed by atoms with van der Waals surface area (Å²) in [4.78, 5) is 2.45. The molecule has 1 aliphatic carbocycles. The summed E-state index contributed by atoms with van der Waals surface area (Å²) in [6.45, 7) is 9.41. The zero-order valence-corrected chi connectivity index (χ0v) is 14.7. The molecule has 2 aliphatic rings. The molecule has 2 aromatic rings. The van der Waals surface area contributed by atoms with Gasteiger partial charge in [-0.05, 0) is 44.7 Å². The molecule has 0 radical (unpaired) electrons. The van der Waals surface area contributed by atoms with Crippen LogP contribution in [-0.2, 0) is 24.4 Å². The predicted molar refractivity (Wildman–Crippen MR) is 91.7 cm³/mol. The van der Waals surface area contributed by atoms with Gasteiger partial charge >= 0.3 is 0 Å². The molecule has 24 heavy (non-hydrogen) atoms. The van der Waals surface area contributed by atoms with Crippen LogP contribution in [0.25, 0.3) is 0 Å². The van der Waals surface area contributed by atoms with E-state index in [0.717, 1.165) is 56.8 Å². The van der Waals surface area contributed by atoms with Gasteiger partial charge in [0.05, 0.1) is 18.8 Å². The van der Waals surface area contributed by atoms with Gasteiger partial charge in [-0.3, -0.25) is 9.58 Å². The molecule has 0 amide bonds. The zero-order valence-electron chi connectivity index (χ0n) is 14.7. The van der Waals surface area contributed by atoms with Gasteiger partial charge in [0.15, 0.2) is 0 Å². The molecule has 0 aromatic carbocycles. The predicted octanol–water partition coefficient (Wildman–Crippen LogP) is 3.33. The van der Waals surface area contributed by atoms with Crippen molar-refractivity contribution in [3.05, 3.63) is 41.1 Å². The molecule has 0 N–H and O–H groups in total. The number of furan rings is 1. The van der Waals surface area contributed by atoms with Crippen LogP contribution in [0.5, 0.6) is 0 Å². The van der Waals surface area contributed by atoms with Crippen molar-refractivity contribution in [2.75, 3.05) is 19.8 Å². The third-order valence-corrected chi connectivity index (χ3v) is 4.97. The lowest BCUT2D eigenvalue weighted by atomic mass is 9.97. The Bertz CT molecular complexity index is 687. The van der Waals surface area contributed by atoms with Crippen LogP contribution in [0.3, 0.4) is 0 Å². The second kappa shape index (κ2) is 6.73. The normalized spacial score (nSPS) is 21.2. The third-order valence-electron chi connectivity index (χ3n) is 4.97. The monoisotopic (exact) mass is 329 g/mol. The minimum atomic E-state index is 0.352. The van der Waals surface area contributed by atoms with E-state index in [9.17, 15) is 0 Å². The first-order valence-corrected chi connectivity index (χ1v) is 9.13. The van der Waals surface area contributed by atoms with E-state index in [4.69, 9.17) is 14.3 Å². The van der Waals surface area contributed by atoms with E-state index in [0.29, 0.717) is 5.92 Å². The van der Waals surface area contributed by atoms with Crippen molar-refractivity contribution in [3.8, 4) is 0 Å². The van der Waals surface area contributed by atoms with E-state index < -0.39 is 0 Å². The Hall–Kier alpha value is -1.59. The molecule has 5 heteroatoms. The molecule has 0 unspecified atom stereocenters. The molecule has 5 nitrogen and oxygen atoms in total. The van der Waals surface area contributed by atoms with Gasteiger partial charge in [-0.25, -0.2) is 0 Å². The molecule has 1 saturated carbocycles. The number of hydrogen-bond donors (Lipinski definition) is 0. The Morgan fingerprint density at radius 2 is 2.21 bits per heavy atom. The summed E-state index contributed by atoms with van der Waals surface area (Å²) in [5.41, 5.74) is 2.60. The third kappa shape index (κ3) is 3.57. The van der Waals surface area contributed by atoms with E-state index in [-0.39, 0.29) is 0 Å². The van der Waals surface area contributed by atoms with Crippen molar-refractivity contribution in [3.63, 3.8) is 0 Å². The van der Waals surface area contributed by atoms with Crippen molar-refractivity contribution in [2.45, 2.75) is 52.2 Å². The van der Waals surface area contributed by atoms with Gasteiger partial charge in [-0.15, -0.1) is 0 Å². The fourth-order valence-corrected chi connectivity index (χ4v) is 3.61. The van der Waals surface area contributed by atoms with Crippen molar-refractivity contribution < 1.29 is 9.15 Å². The van der Waals surface area contributed by atoms with Gasteiger partial charge in [0.1, 0.15) is 11.5 Å². The highest BCUT2D eigenvalue weighted by atomic mass is 16.5. The van der Waals surface area contributed by atoms with E-state index in [1.807, 2.05) is 13.0 Å². The van der Waals surface area contributed by atoms with E-state index in [1.165, 1.54) is 24.1 Å². The van der Waals surface area contributed by atoms with Crippen LogP contribution in [-0.4, -0.2) is 34.4 Å². The molecule has 1 fully saturated rings. The van der Waals surface area contributed by atoms with Gasteiger partial charge in [-0.1, -0.05) is 0 Å². The Morgan fingerprint density at radius 3 is 2.92 bits per heavy atom. The van der Waals surface area contributed by atoms with E-state index in [1.54, 1.807) is 0 Å². The summed E-state index contributed by atoms with van der Waals surface area (Å²) in [5.74, 6) is 3.21. The lowest BCUT2D eigenvalue weighted by Crippen LogP contribution is -2.34. The Morgan fingerprint density at radius 1 is 1.33 bits per heavy atom. The molecule has 130 valence electrons. The van der Waals surface area contributed by atoms with Gasteiger partial charge in [0.2, 0.25) is 0 Å². The molecule has 3 heterocycles. The molecular formula is C19H27N3O2. The maximum absolute atomic E-state index is 5.76. The number of aryl methyl sites for hydroxylation is 1. The summed E-state index contributed by atoms with van der Waals surface area (Å²) in [5, 5.41) is 4.90. The highest BCUT2D eigenvalue weighted by Crippen LogP contribution is 2.33. The molecule has 4 rings (SSSR count). The fourth-order valence-electron chi connectivity index (χ4n) is 3.61. The maximum atomic E-state index is 5.76. The number of aromatic nitrogens is 2. The van der Waals surface area contributed by atoms with Crippen LogP contribution < -0.4 is 0 Å². The molecule has 0 saturated heterocycles. The highest BCUT2D eigenvalue weighted by molar-refractivity contribution is 5.25. The van der Waals surface area contributed by atoms with Crippen molar-refractivity contribution in [1.82, 2.24) is 14.7 Å². The Labute approximate surface area is 143 Å². The smallest absolute Gasteiger partial charge is 0.118 e. The first-order chi connectivity index (χ1) is 11.7. The lowest BCUT2D eigenvalue weighted by molar-refractivity contribution is 0.101. The number of fused-ring (bicyclic) bond motifs is 1. The lowest BCUT2D eigenvalue weighted by Gasteiger charge is -2.31. The maximum Gasteiger partial charge on any atom is 0.118 e. The van der Waals surface area contributed by atoms with Gasteiger partial charge < -0.3 is 9.15 Å². The van der Waals surface area contributed by atoms with Crippen molar-refractivity contribution in [1.29, 1.82) is 0 Å². The second-order valence-corrected chi connectivity index (χ2v) is 7.24. The summed E-state index contributed by atoms with van der Waals surface area (Å²) < 4.78 is 13.7. The Kier molecular flexibility index (Phi) is 4.46. The highest BCUT2D eigenvalue weighted by Gasteiger charge is 2.30. The van der Waals surface area contributed by atoms with Crippen LogP contribution >= 0.6 is 0 Å². The van der Waals surface area contributed by atoms with E-state index >= 15 is 0 Å². The summed E-state index contributed by atoms with van der Waals surface area (Å²) in [6, 6.07) is 4.12. The van der Waals surface area contributed by atoms with Crippen LogP contribution in [0.1, 0.15) is 48.5 Å². The standard InChI is InChI=1S/C19H27N3O2/c1-3-23-13-17-10-21(12-18-7-4-14(2)24-18)9-16-11-22(20-19(16)17)8-15-5-6-15/h4,7,11,15,17H,3,5-6,8-10,12-13H2,1-2H3/t17-/m0/s1. The summed E-state index contributed by atoms with van der Waals surface area (Å²) in [6.07, 6.45) is 4.97. The average molecular weight is 329 g/mol. The average Bonchev–Trinajstić information content (AvgIpc) is 3.13. The van der Waals surface area contributed by atoms with Gasteiger partial charge in [0.25, 0.3) is 0 Å². The van der Waals surface area contributed by atoms with Crippen molar-refractivity contribution >= 4 is 0 Å². The Balaban J connectivity index is 1.51. The number of nitrogens with zero attached hydrogens (tertiary/aromatic N) is 3. The summed E-state index contributed by atoms with van der Waals surface area (Å²) >= 11 is 0. The first kappa shape index (κ1) is 15.9. The van der Waals surface area contributed by atoms with Gasteiger partial charge in [-0.2, -0.15) is 5.10 Å². The molecule has 2 aromatic heterocycles. The fraction of sp³-hybridized carbons (Fsp3) is 0.632. The van der Waals surface area contributed by atoms with Crippen LogP contribution in [0.4, 0.5) is 0 Å². The topological polar surface area (TPSA) is 43.4 Å². The number of ether oxygens (including phenoxy) is 1. The van der Waals surface area contributed by atoms with Crippen LogP contribution in [0, 0.1) is 12.8 Å². The van der Waals surface area contributed by atoms with Gasteiger partial charge in [0, 0.05) is 43.9 Å². The molecule has 0 bridgehead atoms. The molecule has 0 spiro atoms. The molecule has 1 atom stereocenters. The van der Waals surface area contributed by atoms with Crippen LogP contribution in [0.15, 0.2) is 22.7 Å². The molecular weight excluding hydrogens is 302 g/mol. The minimum absolute atomic E-state index is 0.352. The summed E-state index contributed by atoms with van der Waals surface area (Å²) in [7, 11) is 0. The largest absolute Gasteiger partial charge is 0.465 e. The first-order valence-electron chi connectivity index (χ1n) is 9.13. The van der Waals surface area contributed by atoms with E-state index in [2.05, 4.69) is 28.8 Å². The molecule has 1 aliphatic heterocycles.